The summed E-state index contributed by atoms with van der Waals surface area (Å²) in [6, 6.07) is -0.0121. The number of urea groups is 1. The minimum Gasteiger partial charge on any atom is -0.481 e. The van der Waals surface area contributed by atoms with E-state index in [2.05, 4.69) is 5.32 Å². The molecular weight excluding hydrogens is 228 g/mol. The van der Waals surface area contributed by atoms with Crippen LogP contribution in [0.5, 0.6) is 0 Å². The van der Waals surface area contributed by atoms with E-state index in [-0.39, 0.29) is 25.0 Å². The molecule has 1 atom stereocenters. The van der Waals surface area contributed by atoms with Crippen molar-refractivity contribution in [2.75, 3.05) is 25.6 Å². The molecule has 94 valence electrons. The highest BCUT2D eigenvalue weighted by Crippen LogP contribution is 2.08. The van der Waals surface area contributed by atoms with Crippen molar-refractivity contribution in [2.24, 2.45) is 0 Å². The Balaban J connectivity index is 4.00. The van der Waals surface area contributed by atoms with Gasteiger partial charge in [0, 0.05) is 25.4 Å². The molecule has 0 aromatic heterocycles. The number of thioether (sulfide) groups is 1. The van der Waals surface area contributed by atoms with Crippen LogP contribution in [0, 0.1) is 0 Å². The predicted octanol–water partition coefficient (Wildman–Crippen LogP) is 1.24. The van der Waals surface area contributed by atoms with E-state index in [1.165, 1.54) is 0 Å². The first-order valence-corrected chi connectivity index (χ1v) is 6.63. The molecule has 0 aliphatic heterocycles. The summed E-state index contributed by atoms with van der Waals surface area (Å²) in [7, 11) is 1.74. The van der Waals surface area contributed by atoms with E-state index in [1.807, 2.05) is 13.2 Å². The highest BCUT2D eigenvalue weighted by Gasteiger charge is 2.17. The second-order valence-corrected chi connectivity index (χ2v) is 4.41. The van der Waals surface area contributed by atoms with Crippen LogP contribution in [0.2, 0.25) is 0 Å². The van der Waals surface area contributed by atoms with Gasteiger partial charge in [0.05, 0.1) is 6.42 Å². The van der Waals surface area contributed by atoms with Crippen molar-refractivity contribution in [1.82, 2.24) is 10.2 Å². The largest absolute Gasteiger partial charge is 0.481 e. The first-order valence-electron chi connectivity index (χ1n) is 5.24. The van der Waals surface area contributed by atoms with Crippen LogP contribution in [0.15, 0.2) is 0 Å². The van der Waals surface area contributed by atoms with Gasteiger partial charge in [-0.2, -0.15) is 11.8 Å². The van der Waals surface area contributed by atoms with Gasteiger partial charge < -0.3 is 15.3 Å². The molecule has 16 heavy (non-hydrogen) atoms. The topological polar surface area (TPSA) is 69.6 Å². The summed E-state index contributed by atoms with van der Waals surface area (Å²) in [5, 5.41) is 11.0. The third-order valence-corrected chi connectivity index (χ3v) is 3.03. The average molecular weight is 248 g/mol. The van der Waals surface area contributed by atoms with E-state index in [0.717, 1.165) is 12.2 Å². The van der Waals surface area contributed by atoms with E-state index >= 15 is 0 Å². The van der Waals surface area contributed by atoms with Gasteiger partial charge in [-0.3, -0.25) is 4.79 Å². The minimum atomic E-state index is -0.904. The first kappa shape index (κ1) is 15.1. The molecule has 0 aliphatic rings. The van der Waals surface area contributed by atoms with Gasteiger partial charge in [0.15, 0.2) is 0 Å². The van der Waals surface area contributed by atoms with Crippen LogP contribution in [-0.4, -0.2) is 53.6 Å². The summed E-state index contributed by atoms with van der Waals surface area (Å²) in [5.74, 6) is -0.0154. The van der Waals surface area contributed by atoms with Crippen LogP contribution < -0.4 is 5.32 Å². The first-order chi connectivity index (χ1) is 7.52. The molecule has 2 N–H and O–H groups in total. The number of hydrogen-bond acceptors (Lipinski definition) is 3. The third-order valence-electron chi connectivity index (χ3n) is 2.31. The lowest BCUT2D eigenvalue weighted by atomic mass is 10.2. The molecule has 0 heterocycles. The maximum atomic E-state index is 11.6. The molecule has 6 heteroatoms. The number of carbonyl (C=O) groups is 2. The van der Waals surface area contributed by atoms with Gasteiger partial charge in [-0.1, -0.05) is 6.92 Å². The Hall–Kier alpha value is -0.910. The number of hydrogen-bond donors (Lipinski definition) is 2. The van der Waals surface area contributed by atoms with Crippen molar-refractivity contribution in [1.29, 1.82) is 0 Å². The zero-order valence-corrected chi connectivity index (χ0v) is 10.8. The summed E-state index contributed by atoms with van der Waals surface area (Å²) in [4.78, 5) is 23.5. The molecule has 0 bridgehead atoms. The number of carbonyl (C=O) groups excluding carboxylic acids is 1. The van der Waals surface area contributed by atoms with Gasteiger partial charge in [0.25, 0.3) is 0 Å². The monoisotopic (exact) mass is 248 g/mol. The van der Waals surface area contributed by atoms with Crippen LogP contribution in [0.25, 0.3) is 0 Å². The maximum absolute atomic E-state index is 11.6. The van der Waals surface area contributed by atoms with Gasteiger partial charge >= 0.3 is 12.0 Å². The fraction of sp³-hybridized carbons (Fsp3) is 0.800. The number of nitrogens with one attached hydrogen (secondary N) is 1. The molecular formula is C10H20N2O3S. The van der Waals surface area contributed by atoms with Crippen molar-refractivity contribution >= 4 is 23.8 Å². The summed E-state index contributed by atoms with van der Waals surface area (Å²) in [6.07, 6.45) is 2.85. The highest BCUT2D eigenvalue weighted by molar-refractivity contribution is 7.98. The van der Waals surface area contributed by atoms with Crippen molar-refractivity contribution in [3.63, 3.8) is 0 Å². The molecule has 0 saturated heterocycles. The van der Waals surface area contributed by atoms with Crippen molar-refractivity contribution in [2.45, 2.75) is 25.8 Å². The van der Waals surface area contributed by atoms with Crippen LogP contribution >= 0.6 is 11.8 Å². The summed E-state index contributed by atoms with van der Waals surface area (Å²) in [5.41, 5.74) is 0. The number of carboxylic acids is 1. The van der Waals surface area contributed by atoms with Crippen LogP contribution in [0.4, 0.5) is 4.79 Å². The zero-order valence-electron chi connectivity index (χ0n) is 10.0. The van der Waals surface area contributed by atoms with Crippen molar-refractivity contribution in [3.8, 4) is 0 Å². The number of amides is 2. The van der Waals surface area contributed by atoms with Gasteiger partial charge in [-0.25, -0.2) is 4.79 Å². The Morgan fingerprint density at radius 3 is 2.56 bits per heavy atom. The van der Waals surface area contributed by atoms with E-state index < -0.39 is 5.97 Å². The molecule has 0 rings (SSSR count). The molecule has 2 amide bonds. The zero-order chi connectivity index (χ0) is 12.6. The summed E-state index contributed by atoms with van der Waals surface area (Å²) >= 11 is 1.69. The Bertz CT molecular complexity index is 236. The molecule has 0 aromatic rings. The highest BCUT2D eigenvalue weighted by atomic mass is 32.2. The quantitative estimate of drug-likeness (QED) is 0.711. The number of nitrogens with zero attached hydrogens (tertiary/aromatic N) is 1. The Morgan fingerprint density at radius 1 is 1.50 bits per heavy atom. The molecule has 0 spiro atoms. The number of carboxylic acid groups (broad SMARTS) is 1. The van der Waals surface area contributed by atoms with Gasteiger partial charge in [0.1, 0.15) is 0 Å². The van der Waals surface area contributed by atoms with Gasteiger partial charge in [-0.15, -0.1) is 0 Å². The SMILES string of the molecule is CCC(CSC)N(C)C(=O)NCCC(=O)O. The summed E-state index contributed by atoms with van der Waals surface area (Å²) in [6.45, 7) is 2.20. The fourth-order valence-corrected chi connectivity index (χ4v) is 2.11. The minimum absolute atomic E-state index is 0.0428. The molecule has 0 saturated carbocycles. The van der Waals surface area contributed by atoms with Crippen LogP contribution in [0.1, 0.15) is 19.8 Å². The second kappa shape index (κ2) is 8.27. The molecule has 0 fully saturated rings. The predicted molar refractivity (Wildman–Crippen MR) is 65.9 cm³/mol. The standard InChI is InChI=1S/C10H20N2O3S/c1-4-8(7-16-3)12(2)10(15)11-6-5-9(13)14/h8H,4-7H2,1-3H3,(H,11,15)(H,13,14). The molecule has 1 unspecified atom stereocenters. The third kappa shape index (κ3) is 5.85. The molecule has 5 nitrogen and oxygen atoms in total. The molecule has 0 aromatic carbocycles. The lowest BCUT2D eigenvalue weighted by Crippen LogP contribution is -2.45. The number of rotatable bonds is 7. The Labute approximate surface area is 101 Å². The Kier molecular flexibility index (Phi) is 7.80. The average Bonchev–Trinajstić information content (AvgIpc) is 2.24. The van der Waals surface area contributed by atoms with Gasteiger partial charge in [0.2, 0.25) is 0 Å². The summed E-state index contributed by atoms with van der Waals surface area (Å²) < 4.78 is 0. The normalized spacial score (nSPS) is 11.9. The lowest BCUT2D eigenvalue weighted by molar-refractivity contribution is -0.136. The second-order valence-electron chi connectivity index (χ2n) is 3.50. The van der Waals surface area contributed by atoms with E-state index in [1.54, 1.807) is 23.7 Å². The Morgan fingerprint density at radius 2 is 2.12 bits per heavy atom. The van der Waals surface area contributed by atoms with E-state index in [4.69, 9.17) is 5.11 Å². The lowest BCUT2D eigenvalue weighted by Gasteiger charge is -2.26. The van der Waals surface area contributed by atoms with Crippen molar-refractivity contribution in [3.05, 3.63) is 0 Å². The van der Waals surface area contributed by atoms with Crippen molar-refractivity contribution < 1.29 is 14.7 Å². The smallest absolute Gasteiger partial charge is 0.317 e. The molecule has 0 radical (unpaired) electrons. The van der Waals surface area contributed by atoms with E-state index in [0.29, 0.717) is 0 Å². The fourth-order valence-electron chi connectivity index (χ4n) is 1.26. The van der Waals surface area contributed by atoms with Crippen LogP contribution in [-0.2, 0) is 4.79 Å². The maximum Gasteiger partial charge on any atom is 0.317 e. The molecule has 0 aliphatic carbocycles. The number of aliphatic carboxylic acids is 1. The van der Waals surface area contributed by atoms with Crippen LogP contribution in [0.3, 0.4) is 0 Å². The van der Waals surface area contributed by atoms with E-state index in [9.17, 15) is 9.59 Å². The van der Waals surface area contributed by atoms with Gasteiger partial charge in [-0.05, 0) is 12.7 Å².